The van der Waals surface area contributed by atoms with Gasteiger partial charge in [0.15, 0.2) is 0 Å². The zero-order valence-corrected chi connectivity index (χ0v) is 13.6. The number of nitriles is 1. The van der Waals surface area contributed by atoms with E-state index >= 15 is 0 Å². The molecule has 0 bridgehead atoms. The Morgan fingerprint density at radius 1 is 0.955 bits per heavy atom. The van der Waals surface area contributed by atoms with Crippen LogP contribution in [0.25, 0.3) is 0 Å². The van der Waals surface area contributed by atoms with Crippen molar-refractivity contribution in [2.75, 3.05) is 4.72 Å². The maximum atomic E-state index is 12.3. The standard InChI is InChI=1S/C17H18N2O2S/c1-17(2,3)14-6-8-15(9-7-14)19-22(20,21)16-10-4-13(12-18)5-11-16/h4-11,19H,1-3H3. The van der Waals surface area contributed by atoms with Gasteiger partial charge in [0.05, 0.1) is 16.5 Å². The Hall–Kier alpha value is -2.32. The second kappa shape index (κ2) is 5.82. The molecule has 0 aliphatic heterocycles. The number of benzene rings is 2. The Morgan fingerprint density at radius 2 is 1.50 bits per heavy atom. The second-order valence-electron chi connectivity index (χ2n) is 6.07. The maximum Gasteiger partial charge on any atom is 0.261 e. The van der Waals surface area contributed by atoms with Crippen molar-refractivity contribution in [1.29, 1.82) is 5.26 Å². The fourth-order valence-corrected chi connectivity index (χ4v) is 3.02. The number of nitrogens with one attached hydrogen (secondary N) is 1. The highest BCUT2D eigenvalue weighted by molar-refractivity contribution is 7.92. The zero-order chi connectivity index (χ0) is 16.4. The molecule has 0 aliphatic carbocycles. The molecule has 0 amide bonds. The number of hydrogen-bond donors (Lipinski definition) is 1. The minimum Gasteiger partial charge on any atom is -0.280 e. The van der Waals surface area contributed by atoms with E-state index in [1.54, 1.807) is 12.1 Å². The predicted octanol–water partition coefficient (Wildman–Crippen LogP) is 3.66. The Kier molecular flexibility index (Phi) is 4.25. The molecule has 0 saturated heterocycles. The van der Waals surface area contributed by atoms with Crippen molar-refractivity contribution in [3.8, 4) is 6.07 Å². The third-order valence-electron chi connectivity index (χ3n) is 3.30. The summed E-state index contributed by atoms with van der Waals surface area (Å²) in [6, 6.07) is 15.1. The Labute approximate surface area is 131 Å². The third kappa shape index (κ3) is 3.66. The van der Waals surface area contributed by atoms with Crippen molar-refractivity contribution in [3.05, 3.63) is 59.7 Å². The first-order valence-electron chi connectivity index (χ1n) is 6.86. The summed E-state index contributed by atoms with van der Waals surface area (Å²) < 4.78 is 27.1. The topological polar surface area (TPSA) is 70.0 Å². The molecule has 0 aliphatic rings. The third-order valence-corrected chi connectivity index (χ3v) is 4.69. The van der Waals surface area contributed by atoms with Gasteiger partial charge in [-0.15, -0.1) is 0 Å². The van der Waals surface area contributed by atoms with Gasteiger partial charge in [-0.05, 0) is 47.4 Å². The smallest absolute Gasteiger partial charge is 0.261 e. The van der Waals surface area contributed by atoms with Gasteiger partial charge in [0.2, 0.25) is 0 Å². The summed E-state index contributed by atoms with van der Waals surface area (Å²) >= 11 is 0. The molecule has 0 fully saturated rings. The van der Waals surface area contributed by atoms with Gasteiger partial charge in [0, 0.05) is 5.69 Å². The van der Waals surface area contributed by atoms with Crippen LogP contribution in [0.15, 0.2) is 53.4 Å². The molecule has 2 rings (SSSR count). The highest BCUT2D eigenvalue weighted by Crippen LogP contribution is 2.24. The summed E-state index contributed by atoms with van der Waals surface area (Å²) in [7, 11) is -3.65. The van der Waals surface area contributed by atoms with Crippen LogP contribution in [0, 0.1) is 11.3 Å². The molecule has 0 spiro atoms. The first kappa shape index (κ1) is 16.1. The lowest BCUT2D eigenvalue weighted by atomic mass is 9.87. The van der Waals surface area contributed by atoms with Crippen molar-refractivity contribution in [3.63, 3.8) is 0 Å². The number of rotatable bonds is 3. The van der Waals surface area contributed by atoms with Crippen molar-refractivity contribution >= 4 is 15.7 Å². The Morgan fingerprint density at radius 3 is 1.95 bits per heavy atom. The minimum absolute atomic E-state index is 0.0184. The van der Waals surface area contributed by atoms with Gasteiger partial charge in [-0.25, -0.2) is 8.42 Å². The molecule has 0 saturated carbocycles. The summed E-state index contributed by atoms with van der Waals surface area (Å²) in [6.07, 6.45) is 0. The average molecular weight is 314 g/mol. The van der Waals surface area contributed by atoms with Gasteiger partial charge in [-0.2, -0.15) is 5.26 Å². The highest BCUT2D eigenvalue weighted by atomic mass is 32.2. The molecular formula is C17H18N2O2S. The van der Waals surface area contributed by atoms with Gasteiger partial charge in [-0.3, -0.25) is 4.72 Å². The molecule has 0 atom stereocenters. The van der Waals surface area contributed by atoms with E-state index in [0.717, 1.165) is 5.56 Å². The summed E-state index contributed by atoms with van der Waals surface area (Å²) in [5, 5.41) is 8.74. The summed E-state index contributed by atoms with van der Waals surface area (Å²) in [5.41, 5.74) is 2.09. The van der Waals surface area contributed by atoms with Crippen LogP contribution in [0.4, 0.5) is 5.69 Å². The van der Waals surface area contributed by atoms with Crippen LogP contribution in [-0.4, -0.2) is 8.42 Å². The molecule has 4 nitrogen and oxygen atoms in total. The van der Waals surface area contributed by atoms with E-state index in [0.29, 0.717) is 11.3 Å². The normalized spacial score (nSPS) is 11.7. The molecule has 2 aromatic rings. The monoisotopic (exact) mass is 314 g/mol. The van der Waals surface area contributed by atoms with Gasteiger partial charge < -0.3 is 0 Å². The minimum atomic E-state index is -3.65. The lowest BCUT2D eigenvalue weighted by molar-refractivity contribution is 0.590. The highest BCUT2D eigenvalue weighted by Gasteiger charge is 2.16. The fourth-order valence-electron chi connectivity index (χ4n) is 1.96. The van der Waals surface area contributed by atoms with Crippen LogP contribution in [0.3, 0.4) is 0 Å². The van der Waals surface area contributed by atoms with E-state index < -0.39 is 10.0 Å². The average Bonchev–Trinajstić information content (AvgIpc) is 2.46. The van der Waals surface area contributed by atoms with Gasteiger partial charge >= 0.3 is 0 Å². The summed E-state index contributed by atoms with van der Waals surface area (Å²) in [4.78, 5) is 0.131. The predicted molar refractivity (Wildman–Crippen MR) is 87.1 cm³/mol. The SMILES string of the molecule is CC(C)(C)c1ccc(NS(=O)(=O)c2ccc(C#N)cc2)cc1. The van der Waals surface area contributed by atoms with Gasteiger partial charge in [0.1, 0.15) is 0 Å². The molecule has 0 aromatic heterocycles. The van der Waals surface area contributed by atoms with Gasteiger partial charge in [0.25, 0.3) is 10.0 Å². The van der Waals surface area contributed by atoms with E-state index in [2.05, 4.69) is 25.5 Å². The molecule has 0 heterocycles. The summed E-state index contributed by atoms with van der Waals surface area (Å²) in [6.45, 7) is 6.30. The van der Waals surface area contributed by atoms with Gasteiger partial charge in [-0.1, -0.05) is 32.9 Å². The number of nitrogens with zero attached hydrogens (tertiary/aromatic N) is 1. The van der Waals surface area contributed by atoms with Crippen molar-refractivity contribution < 1.29 is 8.42 Å². The number of hydrogen-bond acceptors (Lipinski definition) is 3. The van der Waals surface area contributed by atoms with E-state index in [1.807, 2.05) is 18.2 Å². The fraction of sp³-hybridized carbons (Fsp3) is 0.235. The molecular weight excluding hydrogens is 296 g/mol. The quantitative estimate of drug-likeness (QED) is 0.940. The van der Waals surface area contributed by atoms with Crippen LogP contribution in [0.1, 0.15) is 31.9 Å². The van der Waals surface area contributed by atoms with Crippen LogP contribution < -0.4 is 4.72 Å². The molecule has 1 N–H and O–H groups in total. The zero-order valence-electron chi connectivity index (χ0n) is 12.8. The van der Waals surface area contributed by atoms with E-state index in [-0.39, 0.29) is 10.3 Å². The first-order valence-corrected chi connectivity index (χ1v) is 8.34. The molecule has 114 valence electrons. The van der Waals surface area contributed by atoms with Crippen LogP contribution in [-0.2, 0) is 15.4 Å². The largest absolute Gasteiger partial charge is 0.280 e. The molecule has 22 heavy (non-hydrogen) atoms. The Bertz CT molecular complexity index is 794. The molecule has 0 radical (unpaired) electrons. The van der Waals surface area contributed by atoms with Crippen molar-refractivity contribution in [2.45, 2.75) is 31.1 Å². The van der Waals surface area contributed by atoms with Crippen LogP contribution >= 0.6 is 0 Å². The van der Waals surface area contributed by atoms with E-state index in [4.69, 9.17) is 5.26 Å². The van der Waals surface area contributed by atoms with Crippen molar-refractivity contribution in [2.24, 2.45) is 0 Å². The first-order chi connectivity index (χ1) is 10.2. The second-order valence-corrected chi connectivity index (χ2v) is 7.75. The lowest BCUT2D eigenvalue weighted by Crippen LogP contribution is -2.14. The van der Waals surface area contributed by atoms with E-state index in [1.165, 1.54) is 24.3 Å². The molecule has 0 unspecified atom stereocenters. The Balaban J connectivity index is 2.23. The number of anilines is 1. The molecule has 2 aromatic carbocycles. The maximum absolute atomic E-state index is 12.3. The van der Waals surface area contributed by atoms with Crippen LogP contribution in [0.5, 0.6) is 0 Å². The number of sulfonamides is 1. The lowest BCUT2D eigenvalue weighted by Gasteiger charge is -2.19. The van der Waals surface area contributed by atoms with Crippen LogP contribution in [0.2, 0.25) is 0 Å². The summed E-state index contributed by atoms with van der Waals surface area (Å²) in [5.74, 6) is 0. The van der Waals surface area contributed by atoms with Crippen molar-refractivity contribution in [1.82, 2.24) is 0 Å². The molecule has 5 heteroatoms. The van der Waals surface area contributed by atoms with E-state index in [9.17, 15) is 8.42 Å².